The Bertz CT molecular complexity index is 307. The van der Waals surface area contributed by atoms with E-state index in [9.17, 15) is 4.79 Å². The van der Waals surface area contributed by atoms with Crippen molar-refractivity contribution in [1.29, 1.82) is 0 Å². The van der Waals surface area contributed by atoms with Crippen molar-refractivity contribution in [3.05, 3.63) is 35.9 Å². The zero-order valence-electron chi connectivity index (χ0n) is 8.11. The van der Waals surface area contributed by atoms with Crippen LogP contribution in [0.1, 0.15) is 12.0 Å². The van der Waals surface area contributed by atoms with E-state index in [2.05, 4.69) is 12.1 Å². The standard InChI is InChI=1S/C12H14OS/c13-12-6-7-14-9-11(12)8-10-4-2-1-3-5-10/h1-5,11H,6-9H2/t11-/m0/s1. The summed E-state index contributed by atoms with van der Waals surface area (Å²) in [6.45, 7) is 0. The molecular weight excluding hydrogens is 192 g/mol. The van der Waals surface area contributed by atoms with Gasteiger partial charge in [-0.1, -0.05) is 30.3 Å². The van der Waals surface area contributed by atoms with Crippen molar-refractivity contribution < 1.29 is 4.79 Å². The number of carbonyl (C=O) groups is 1. The lowest BCUT2D eigenvalue weighted by Gasteiger charge is -2.19. The number of ketones is 1. The summed E-state index contributed by atoms with van der Waals surface area (Å²) in [5, 5.41) is 0. The molecule has 1 atom stereocenters. The maximum absolute atomic E-state index is 11.6. The molecule has 0 bridgehead atoms. The van der Waals surface area contributed by atoms with E-state index in [-0.39, 0.29) is 5.92 Å². The number of carbonyl (C=O) groups excluding carboxylic acids is 1. The van der Waals surface area contributed by atoms with Gasteiger partial charge in [-0.2, -0.15) is 11.8 Å². The summed E-state index contributed by atoms with van der Waals surface area (Å²) < 4.78 is 0. The highest BCUT2D eigenvalue weighted by molar-refractivity contribution is 7.99. The number of hydrogen-bond donors (Lipinski definition) is 0. The second-order valence-corrected chi connectivity index (χ2v) is 4.83. The van der Waals surface area contributed by atoms with Crippen LogP contribution < -0.4 is 0 Å². The van der Waals surface area contributed by atoms with Gasteiger partial charge in [0.2, 0.25) is 0 Å². The largest absolute Gasteiger partial charge is 0.299 e. The highest BCUT2D eigenvalue weighted by atomic mass is 32.2. The van der Waals surface area contributed by atoms with Gasteiger partial charge in [0.1, 0.15) is 5.78 Å². The second-order valence-electron chi connectivity index (χ2n) is 3.68. The number of benzene rings is 1. The molecule has 0 aliphatic carbocycles. The third kappa shape index (κ3) is 2.38. The molecule has 0 spiro atoms. The summed E-state index contributed by atoms with van der Waals surface area (Å²) >= 11 is 1.91. The molecule has 1 heterocycles. The molecule has 2 rings (SSSR count). The fraction of sp³-hybridized carbons (Fsp3) is 0.417. The van der Waals surface area contributed by atoms with Gasteiger partial charge >= 0.3 is 0 Å². The summed E-state index contributed by atoms with van der Waals surface area (Å²) in [7, 11) is 0. The Morgan fingerprint density at radius 2 is 2.07 bits per heavy atom. The van der Waals surface area contributed by atoms with Crippen molar-refractivity contribution >= 4 is 17.5 Å². The third-order valence-electron chi connectivity index (χ3n) is 2.59. The molecule has 0 N–H and O–H groups in total. The minimum absolute atomic E-state index is 0.260. The van der Waals surface area contributed by atoms with Crippen LogP contribution in [0.25, 0.3) is 0 Å². The molecule has 1 nitrogen and oxygen atoms in total. The van der Waals surface area contributed by atoms with Crippen molar-refractivity contribution in [1.82, 2.24) is 0 Å². The number of rotatable bonds is 2. The van der Waals surface area contributed by atoms with Crippen LogP contribution in [0.4, 0.5) is 0 Å². The summed E-state index contributed by atoms with van der Waals surface area (Å²) in [6, 6.07) is 10.3. The molecule has 1 aliphatic rings. The molecule has 1 aliphatic heterocycles. The van der Waals surface area contributed by atoms with Crippen LogP contribution in [0.2, 0.25) is 0 Å². The fourth-order valence-electron chi connectivity index (χ4n) is 1.77. The van der Waals surface area contributed by atoms with Crippen LogP contribution in [0.5, 0.6) is 0 Å². The highest BCUT2D eigenvalue weighted by Crippen LogP contribution is 2.22. The Kier molecular flexibility index (Phi) is 3.25. The van der Waals surface area contributed by atoms with Gasteiger partial charge in [0.15, 0.2) is 0 Å². The third-order valence-corrected chi connectivity index (χ3v) is 3.72. The maximum Gasteiger partial charge on any atom is 0.137 e. The van der Waals surface area contributed by atoms with Crippen LogP contribution in [-0.4, -0.2) is 17.3 Å². The van der Waals surface area contributed by atoms with Crippen LogP contribution >= 0.6 is 11.8 Å². The Labute approximate surface area is 88.9 Å². The van der Waals surface area contributed by atoms with E-state index < -0.39 is 0 Å². The summed E-state index contributed by atoms with van der Waals surface area (Å²) in [6.07, 6.45) is 1.69. The van der Waals surface area contributed by atoms with Crippen molar-refractivity contribution in [2.75, 3.05) is 11.5 Å². The molecule has 0 aromatic heterocycles. The molecule has 74 valence electrons. The summed E-state index contributed by atoms with van der Waals surface area (Å²) in [5.74, 6) is 2.74. The zero-order valence-corrected chi connectivity index (χ0v) is 8.93. The molecule has 1 saturated heterocycles. The Morgan fingerprint density at radius 1 is 1.29 bits per heavy atom. The van der Waals surface area contributed by atoms with Crippen molar-refractivity contribution in [3.63, 3.8) is 0 Å². The normalized spacial score (nSPS) is 22.3. The minimum Gasteiger partial charge on any atom is -0.299 e. The van der Waals surface area contributed by atoms with Gasteiger partial charge in [-0.25, -0.2) is 0 Å². The fourth-order valence-corrected chi connectivity index (χ4v) is 2.87. The molecule has 14 heavy (non-hydrogen) atoms. The first kappa shape index (κ1) is 9.78. The molecule has 1 aromatic carbocycles. The van der Waals surface area contributed by atoms with E-state index in [0.29, 0.717) is 5.78 Å². The first-order chi connectivity index (χ1) is 6.86. The Morgan fingerprint density at radius 3 is 2.79 bits per heavy atom. The van der Waals surface area contributed by atoms with Gasteiger partial charge in [0.05, 0.1) is 0 Å². The van der Waals surface area contributed by atoms with Crippen LogP contribution in [0.15, 0.2) is 30.3 Å². The van der Waals surface area contributed by atoms with E-state index in [1.807, 2.05) is 30.0 Å². The molecule has 2 heteroatoms. The summed E-state index contributed by atoms with van der Waals surface area (Å²) in [4.78, 5) is 11.6. The van der Waals surface area contributed by atoms with Gasteiger partial charge in [-0.3, -0.25) is 4.79 Å². The van der Waals surface area contributed by atoms with Gasteiger partial charge < -0.3 is 0 Å². The average Bonchev–Trinajstić information content (AvgIpc) is 2.23. The molecular formula is C12H14OS. The van der Waals surface area contributed by atoms with E-state index in [1.54, 1.807) is 0 Å². The lowest BCUT2D eigenvalue weighted by atomic mass is 9.95. The van der Waals surface area contributed by atoms with Gasteiger partial charge in [-0.15, -0.1) is 0 Å². The SMILES string of the molecule is O=C1CCSC[C@@H]1Cc1ccccc1. The smallest absolute Gasteiger partial charge is 0.137 e. The lowest BCUT2D eigenvalue weighted by molar-refractivity contribution is -0.122. The van der Waals surface area contributed by atoms with Crippen LogP contribution in [0.3, 0.4) is 0 Å². The molecule has 0 saturated carbocycles. The van der Waals surface area contributed by atoms with Crippen LogP contribution in [0, 0.1) is 5.92 Å². The van der Waals surface area contributed by atoms with Gasteiger partial charge in [0, 0.05) is 23.8 Å². The van der Waals surface area contributed by atoms with Crippen LogP contribution in [-0.2, 0) is 11.2 Å². The monoisotopic (exact) mass is 206 g/mol. The first-order valence-electron chi connectivity index (χ1n) is 5.00. The predicted octanol–water partition coefficient (Wildman–Crippen LogP) is 2.55. The quantitative estimate of drug-likeness (QED) is 0.739. The first-order valence-corrected chi connectivity index (χ1v) is 6.16. The molecule has 0 radical (unpaired) electrons. The lowest BCUT2D eigenvalue weighted by Crippen LogP contribution is -2.24. The van der Waals surface area contributed by atoms with Crippen molar-refractivity contribution in [3.8, 4) is 0 Å². The minimum atomic E-state index is 0.260. The summed E-state index contributed by atoms with van der Waals surface area (Å²) in [5.41, 5.74) is 1.29. The van der Waals surface area contributed by atoms with Crippen molar-refractivity contribution in [2.45, 2.75) is 12.8 Å². The number of thioether (sulfide) groups is 1. The zero-order chi connectivity index (χ0) is 9.80. The molecule has 0 unspecified atom stereocenters. The van der Waals surface area contributed by atoms with E-state index in [0.717, 1.165) is 24.3 Å². The number of hydrogen-bond acceptors (Lipinski definition) is 2. The molecule has 1 aromatic rings. The van der Waals surface area contributed by atoms with Gasteiger partial charge in [0.25, 0.3) is 0 Å². The molecule has 1 fully saturated rings. The highest BCUT2D eigenvalue weighted by Gasteiger charge is 2.22. The Balaban J connectivity index is 2.00. The topological polar surface area (TPSA) is 17.1 Å². The number of Topliss-reactive ketones (excluding diaryl/α,β-unsaturated/α-hetero) is 1. The average molecular weight is 206 g/mol. The van der Waals surface area contributed by atoms with E-state index >= 15 is 0 Å². The Hall–Kier alpha value is -0.760. The van der Waals surface area contributed by atoms with Crippen molar-refractivity contribution in [2.24, 2.45) is 5.92 Å². The van der Waals surface area contributed by atoms with E-state index in [1.165, 1.54) is 5.56 Å². The molecule has 0 amide bonds. The second kappa shape index (κ2) is 4.65. The van der Waals surface area contributed by atoms with E-state index in [4.69, 9.17) is 0 Å². The predicted molar refractivity (Wildman–Crippen MR) is 60.6 cm³/mol. The maximum atomic E-state index is 11.6. The van der Waals surface area contributed by atoms with Gasteiger partial charge in [-0.05, 0) is 12.0 Å².